The molecule has 0 aliphatic rings. The lowest BCUT2D eigenvalue weighted by molar-refractivity contribution is 0.111. The second-order valence-electron chi connectivity index (χ2n) is 2.55. The van der Waals surface area contributed by atoms with Gasteiger partial charge in [0.1, 0.15) is 11.6 Å². The number of methoxy groups -OCH3 is 1. The molecule has 0 atom stereocenters. The third-order valence-electron chi connectivity index (χ3n) is 1.71. The summed E-state index contributed by atoms with van der Waals surface area (Å²) in [5.41, 5.74) is 0.639. The first-order valence-electron chi connectivity index (χ1n) is 3.59. The molecule has 0 N–H and O–H groups in total. The minimum Gasteiger partial charge on any atom is -0.495 e. The monoisotopic (exact) mass is 246 g/mol. The molecule has 70 valence electrons. The maximum absolute atomic E-state index is 13.1. The van der Waals surface area contributed by atoms with Crippen LogP contribution in [0.4, 0.5) is 4.39 Å². The van der Waals surface area contributed by atoms with Gasteiger partial charge in [0.05, 0.1) is 17.1 Å². The van der Waals surface area contributed by atoms with Gasteiger partial charge in [-0.25, -0.2) is 4.39 Å². The number of halogens is 2. The largest absolute Gasteiger partial charge is 0.495 e. The van der Waals surface area contributed by atoms with Gasteiger partial charge in [-0.15, -0.1) is 0 Å². The van der Waals surface area contributed by atoms with Crippen molar-refractivity contribution in [3.8, 4) is 5.75 Å². The van der Waals surface area contributed by atoms with E-state index in [-0.39, 0.29) is 11.3 Å². The summed E-state index contributed by atoms with van der Waals surface area (Å²) >= 11 is 3.22. The Hall–Kier alpha value is -0.900. The zero-order chi connectivity index (χ0) is 10.0. The third kappa shape index (κ3) is 1.72. The highest BCUT2D eigenvalue weighted by molar-refractivity contribution is 9.10. The number of carbonyl (C=O) groups is 1. The van der Waals surface area contributed by atoms with E-state index in [1.54, 1.807) is 6.92 Å². The Kier molecular flexibility index (Phi) is 3.03. The van der Waals surface area contributed by atoms with E-state index in [0.717, 1.165) is 0 Å². The summed E-state index contributed by atoms with van der Waals surface area (Å²) in [6.45, 7) is 1.73. The summed E-state index contributed by atoms with van der Waals surface area (Å²) in [5, 5.41) is 0. The van der Waals surface area contributed by atoms with Crippen LogP contribution in [0.3, 0.4) is 0 Å². The number of hydrogen-bond donors (Lipinski definition) is 0. The van der Waals surface area contributed by atoms with E-state index < -0.39 is 5.82 Å². The van der Waals surface area contributed by atoms with E-state index in [1.807, 2.05) is 0 Å². The van der Waals surface area contributed by atoms with Crippen molar-refractivity contribution in [2.75, 3.05) is 7.11 Å². The fraction of sp³-hybridized carbons (Fsp3) is 0.222. The average Bonchev–Trinajstić information content (AvgIpc) is 2.10. The van der Waals surface area contributed by atoms with Gasteiger partial charge in [0.2, 0.25) is 0 Å². The Balaban J connectivity index is 3.50. The van der Waals surface area contributed by atoms with Crippen molar-refractivity contribution in [3.63, 3.8) is 0 Å². The fourth-order valence-electron chi connectivity index (χ4n) is 1.05. The first kappa shape index (κ1) is 10.2. The number of ether oxygens (including phenoxy) is 1. The molecule has 0 aromatic heterocycles. The highest BCUT2D eigenvalue weighted by Crippen LogP contribution is 2.32. The maximum Gasteiger partial charge on any atom is 0.156 e. The highest BCUT2D eigenvalue weighted by Gasteiger charge is 2.14. The number of benzene rings is 1. The Morgan fingerprint density at radius 2 is 2.23 bits per heavy atom. The number of hydrogen-bond acceptors (Lipinski definition) is 2. The first-order chi connectivity index (χ1) is 6.11. The molecule has 0 heterocycles. The molecular weight excluding hydrogens is 239 g/mol. The number of rotatable bonds is 2. The molecule has 0 fully saturated rings. The molecule has 0 saturated carbocycles. The SMILES string of the molecule is COc1c(Br)c(C)cc(F)c1C=O. The molecule has 0 aliphatic heterocycles. The average molecular weight is 247 g/mol. The minimum atomic E-state index is -0.562. The van der Waals surface area contributed by atoms with Crippen LogP contribution in [0.25, 0.3) is 0 Å². The quantitative estimate of drug-likeness (QED) is 0.751. The number of aldehydes is 1. The minimum absolute atomic E-state index is 0.0556. The van der Waals surface area contributed by atoms with Crippen LogP contribution in [-0.4, -0.2) is 13.4 Å². The van der Waals surface area contributed by atoms with Gasteiger partial charge in [-0.2, -0.15) is 0 Å². The van der Waals surface area contributed by atoms with Crippen molar-refractivity contribution < 1.29 is 13.9 Å². The number of aryl methyl sites for hydroxylation is 1. The molecule has 0 radical (unpaired) electrons. The zero-order valence-corrected chi connectivity index (χ0v) is 8.81. The second kappa shape index (κ2) is 3.87. The van der Waals surface area contributed by atoms with Crippen LogP contribution in [0.5, 0.6) is 5.75 Å². The Labute approximate surface area is 83.8 Å². The number of carbonyl (C=O) groups excluding carboxylic acids is 1. The lowest BCUT2D eigenvalue weighted by atomic mass is 10.1. The summed E-state index contributed by atoms with van der Waals surface area (Å²) in [6.07, 6.45) is 0.443. The van der Waals surface area contributed by atoms with E-state index >= 15 is 0 Å². The molecular formula is C9H8BrFO2. The van der Waals surface area contributed by atoms with E-state index in [4.69, 9.17) is 4.74 Å². The van der Waals surface area contributed by atoms with Crippen molar-refractivity contribution in [1.29, 1.82) is 0 Å². The highest BCUT2D eigenvalue weighted by atomic mass is 79.9. The first-order valence-corrected chi connectivity index (χ1v) is 4.39. The van der Waals surface area contributed by atoms with Crippen molar-refractivity contribution in [3.05, 3.63) is 27.5 Å². The van der Waals surface area contributed by atoms with Crippen LogP contribution >= 0.6 is 15.9 Å². The van der Waals surface area contributed by atoms with Crippen LogP contribution in [0.2, 0.25) is 0 Å². The molecule has 2 nitrogen and oxygen atoms in total. The van der Waals surface area contributed by atoms with Crippen molar-refractivity contribution in [2.45, 2.75) is 6.92 Å². The van der Waals surface area contributed by atoms with Crippen molar-refractivity contribution in [1.82, 2.24) is 0 Å². The van der Waals surface area contributed by atoms with Crippen LogP contribution in [0.15, 0.2) is 10.5 Å². The normalized spacial score (nSPS) is 9.85. The smallest absolute Gasteiger partial charge is 0.156 e. The molecule has 0 amide bonds. The van der Waals surface area contributed by atoms with Crippen LogP contribution < -0.4 is 4.74 Å². The molecule has 4 heteroatoms. The molecule has 0 saturated heterocycles. The molecule has 0 unspecified atom stereocenters. The summed E-state index contributed by atoms with van der Waals surface area (Å²) in [7, 11) is 1.39. The molecule has 1 aromatic rings. The molecule has 0 bridgehead atoms. The molecule has 0 aliphatic carbocycles. The Bertz CT molecular complexity index is 350. The maximum atomic E-state index is 13.1. The third-order valence-corrected chi connectivity index (χ3v) is 2.70. The predicted molar refractivity (Wildman–Crippen MR) is 50.8 cm³/mol. The zero-order valence-electron chi connectivity index (χ0n) is 7.23. The Morgan fingerprint density at radius 3 is 2.69 bits per heavy atom. The van der Waals surface area contributed by atoms with Gasteiger partial charge < -0.3 is 4.74 Å². The van der Waals surface area contributed by atoms with Gasteiger partial charge in [-0.1, -0.05) is 0 Å². The van der Waals surface area contributed by atoms with Gasteiger partial charge in [0, 0.05) is 0 Å². The predicted octanol–water partition coefficient (Wildman–Crippen LogP) is 2.72. The van der Waals surface area contributed by atoms with Crippen LogP contribution in [0.1, 0.15) is 15.9 Å². The molecule has 1 rings (SSSR count). The lowest BCUT2D eigenvalue weighted by Crippen LogP contribution is -1.97. The topological polar surface area (TPSA) is 26.3 Å². The van der Waals surface area contributed by atoms with Crippen LogP contribution in [-0.2, 0) is 0 Å². The van der Waals surface area contributed by atoms with E-state index in [2.05, 4.69) is 15.9 Å². The molecule has 0 spiro atoms. The van der Waals surface area contributed by atoms with E-state index in [9.17, 15) is 9.18 Å². The summed E-state index contributed by atoms with van der Waals surface area (Å²) in [6, 6.07) is 1.29. The van der Waals surface area contributed by atoms with Gasteiger partial charge >= 0.3 is 0 Å². The van der Waals surface area contributed by atoms with Crippen molar-refractivity contribution >= 4 is 22.2 Å². The Morgan fingerprint density at radius 1 is 1.62 bits per heavy atom. The second-order valence-corrected chi connectivity index (χ2v) is 3.35. The summed E-state index contributed by atoms with van der Waals surface area (Å²) < 4.78 is 18.7. The van der Waals surface area contributed by atoms with E-state index in [0.29, 0.717) is 16.3 Å². The fourth-order valence-corrected chi connectivity index (χ4v) is 1.54. The lowest BCUT2D eigenvalue weighted by Gasteiger charge is -2.09. The van der Waals surface area contributed by atoms with Gasteiger partial charge in [0.15, 0.2) is 6.29 Å². The van der Waals surface area contributed by atoms with Gasteiger partial charge in [0.25, 0.3) is 0 Å². The summed E-state index contributed by atoms with van der Waals surface area (Å²) in [5.74, 6) is -0.319. The van der Waals surface area contributed by atoms with Gasteiger partial charge in [-0.3, -0.25) is 4.79 Å². The van der Waals surface area contributed by atoms with E-state index in [1.165, 1.54) is 13.2 Å². The van der Waals surface area contributed by atoms with Gasteiger partial charge in [-0.05, 0) is 34.5 Å². The molecule has 1 aromatic carbocycles. The summed E-state index contributed by atoms with van der Waals surface area (Å²) in [4.78, 5) is 10.5. The van der Waals surface area contributed by atoms with Crippen LogP contribution in [0, 0.1) is 12.7 Å². The standard InChI is InChI=1S/C9H8BrFO2/c1-5-3-7(11)6(4-12)9(13-2)8(5)10/h3-4H,1-2H3. The molecule has 13 heavy (non-hydrogen) atoms. The van der Waals surface area contributed by atoms with Crippen molar-refractivity contribution in [2.24, 2.45) is 0 Å².